The van der Waals surface area contributed by atoms with Gasteiger partial charge in [-0.05, 0) is 43.2 Å². The molecule has 0 aromatic heterocycles. The summed E-state index contributed by atoms with van der Waals surface area (Å²) in [5, 5.41) is 11.4. The number of β-amino-alcohol motifs (C(OH)–C–C–N with tert-alkyl or cyclic N) is 1. The molecule has 0 radical (unpaired) electrons. The van der Waals surface area contributed by atoms with Crippen LogP contribution >= 0.6 is 0 Å². The van der Waals surface area contributed by atoms with E-state index in [9.17, 15) is 5.11 Å². The summed E-state index contributed by atoms with van der Waals surface area (Å²) in [6, 6.07) is 16.9. The van der Waals surface area contributed by atoms with Crippen molar-refractivity contribution in [3.8, 4) is 11.5 Å². The quantitative estimate of drug-likeness (QED) is 0.482. The third-order valence-electron chi connectivity index (χ3n) is 7.91. The lowest BCUT2D eigenvalue weighted by molar-refractivity contribution is 0.00978. The molecule has 5 rings (SSSR count). The van der Waals surface area contributed by atoms with Gasteiger partial charge in [-0.2, -0.15) is 0 Å². The number of benzene rings is 2. The van der Waals surface area contributed by atoms with Crippen LogP contribution in [0.25, 0.3) is 0 Å². The molecule has 208 valence electrons. The third kappa shape index (κ3) is 7.39. The summed E-state index contributed by atoms with van der Waals surface area (Å²) in [5.41, 5.74) is 1.83. The van der Waals surface area contributed by atoms with Crippen molar-refractivity contribution in [2.45, 2.75) is 25.5 Å². The van der Waals surface area contributed by atoms with Crippen LogP contribution in [0.3, 0.4) is 0 Å². The van der Waals surface area contributed by atoms with Crippen LogP contribution in [-0.2, 0) is 11.3 Å². The standard InChI is InChI=1S/C30H44N4O4/c1-2-37-29-22-26(8-9-28(29)38-21-18-31-16-19-36-20-17-31)23-33-11-10-30(35,25-33)24-32-12-14-34(15-13-32)27-6-4-3-5-7-27/h3-9,22,35H,2,10-21,23-25H2,1H3/t30-/m0/s1. The molecular weight excluding hydrogens is 480 g/mol. The van der Waals surface area contributed by atoms with E-state index in [-0.39, 0.29) is 0 Å². The fraction of sp³-hybridized carbons (Fsp3) is 0.600. The van der Waals surface area contributed by atoms with E-state index in [0.29, 0.717) is 19.8 Å². The maximum atomic E-state index is 11.4. The molecule has 3 aliphatic rings. The first-order chi connectivity index (χ1) is 18.6. The van der Waals surface area contributed by atoms with Crippen LogP contribution in [0.5, 0.6) is 11.5 Å². The normalized spacial score (nSPS) is 23.6. The number of rotatable bonds is 11. The summed E-state index contributed by atoms with van der Waals surface area (Å²) in [5.74, 6) is 1.61. The van der Waals surface area contributed by atoms with Crippen molar-refractivity contribution in [2.75, 3.05) is 96.8 Å². The van der Waals surface area contributed by atoms with E-state index in [1.165, 1.54) is 11.3 Å². The highest BCUT2D eigenvalue weighted by Crippen LogP contribution is 2.31. The maximum absolute atomic E-state index is 11.4. The van der Waals surface area contributed by atoms with Crippen molar-refractivity contribution < 1.29 is 19.3 Å². The van der Waals surface area contributed by atoms with Gasteiger partial charge in [0, 0.05) is 77.7 Å². The molecule has 1 N–H and O–H groups in total. The first kappa shape index (κ1) is 27.2. The topological polar surface area (TPSA) is 60.9 Å². The molecule has 8 nitrogen and oxygen atoms in total. The first-order valence-electron chi connectivity index (χ1n) is 14.3. The highest BCUT2D eigenvalue weighted by Gasteiger charge is 2.38. The second kappa shape index (κ2) is 13.1. The monoisotopic (exact) mass is 524 g/mol. The van der Waals surface area contributed by atoms with E-state index in [1.54, 1.807) is 0 Å². The van der Waals surface area contributed by atoms with Crippen LogP contribution < -0.4 is 14.4 Å². The van der Waals surface area contributed by atoms with Gasteiger partial charge in [-0.25, -0.2) is 0 Å². The molecule has 38 heavy (non-hydrogen) atoms. The van der Waals surface area contributed by atoms with Crippen LogP contribution in [0.2, 0.25) is 0 Å². The smallest absolute Gasteiger partial charge is 0.161 e. The number of ether oxygens (including phenoxy) is 3. The lowest BCUT2D eigenvalue weighted by Crippen LogP contribution is -2.52. The Morgan fingerprint density at radius 2 is 1.63 bits per heavy atom. The third-order valence-corrected chi connectivity index (χ3v) is 7.91. The summed E-state index contributed by atoms with van der Waals surface area (Å²) in [6.45, 7) is 14.8. The Bertz CT molecular complexity index is 995. The molecule has 8 heteroatoms. The Balaban J connectivity index is 1.09. The maximum Gasteiger partial charge on any atom is 0.161 e. The SMILES string of the molecule is CCOc1cc(CN2CC[C@](O)(CN3CCN(c4ccccc4)CC3)C2)ccc1OCCN1CCOCC1. The molecule has 0 amide bonds. The molecule has 0 aliphatic carbocycles. The molecule has 1 atom stereocenters. The van der Waals surface area contributed by atoms with Gasteiger partial charge in [0.15, 0.2) is 11.5 Å². The lowest BCUT2D eigenvalue weighted by Gasteiger charge is -2.39. The Morgan fingerprint density at radius 1 is 0.842 bits per heavy atom. The average molecular weight is 525 g/mol. The summed E-state index contributed by atoms with van der Waals surface area (Å²) in [4.78, 5) is 9.60. The molecular formula is C30H44N4O4. The van der Waals surface area contributed by atoms with E-state index in [0.717, 1.165) is 96.6 Å². The molecule has 2 aromatic carbocycles. The van der Waals surface area contributed by atoms with Crippen molar-refractivity contribution in [2.24, 2.45) is 0 Å². The van der Waals surface area contributed by atoms with Crippen LogP contribution in [0.15, 0.2) is 48.5 Å². The highest BCUT2D eigenvalue weighted by molar-refractivity contribution is 5.46. The van der Waals surface area contributed by atoms with E-state index < -0.39 is 5.60 Å². The fourth-order valence-electron chi connectivity index (χ4n) is 5.83. The molecule has 2 aromatic rings. The number of nitrogens with zero attached hydrogens (tertiary/aromatic N) is 4. The van der Waals surface area contributed by atoms with Crippen molar-refractivity contribution in [1.82, 2.24) is 14.7 Å². The van der Waals surface area contributed by atoms with E-state index in [2.05, 4.69) is 62.1 Å². The van der Waals surface area contributed by atoms with Crippen LogP contribution in [0.4, 0.5) is 5.69 Å². The minimum atomic E-state index is -0.653. The Labute approximate surface area is 227 Å². The Kier molecular flexibility index (Phi) is 9.40. The van der Waals surface area contributed by atoms with Gasteiger partial charge < -0.3 is 24.2 Å². The predicted octanol–water partition coefficient (Wildman–Crippen LogP) is 2.56. The minimum absolute atomic E-state index is 0.601. The zero-order valence-corrected chi connectivity index (χ0v) is 22.9. The minimum Gasteiger partial charge on any atom is -0.490 e. The van der Waals surface area contributed by atoms with Crippen LogP contribution in [-0.4, -0.2) is 117 Å². The Hall–Kier alpha value is -2.36. The summed E-state index contributed by atoms with van der Waals surface area (Å²) < 4.78 is 17.5. The van der Waals surface area contributed by atoms with Gasteiger partial charge in [0.05, 0.1) is 25.4 Å². The average Bonchev–Trinajstić information content (AvgIpc) is 3.31. The molecule has 3 fully saturated rings. The summed E-state index contributed by atoms with van der Waals surface area (Å²) in [7, 11) is 0. The summed E-state index contributed by atoms with van der Waals surface area (Å²) >= 11 is 0. The molecule has 3 heterocycles. The van der Waals surface area contributed by atoms with Crippen molar-refractivity contribution in [3.05, 3.63) is 54.1 Å². The van der Waals surface area contributed by atoms with Crippen molar-refractivity contribution >= 4 is 5.69 Å². The van der Waals surface area contributed by atoms with E-state index in [1.807, 2.05) is 13.0 Å². The van der Waals surface area contributed by atoms with Gasteiger partial charge >= 0.3 is 0 Å². The second-order valence-electron chi connectivity index (χ2n) is 10.8. The summed E-state index contributed by atoms with van der Waals surface area (Å²) in [6.07, 6.45) is 0.812. The molecule has 0 unspecified atom stereocenters. The van der Waals surface area contributed by atoms with Gasteiger partial charge in [0.1, 0.15) is 6.61 Å². The number of para-hydroxylation sites is 1. The van der Waals surface area contributed by atoms with Crippen molar-refractivity contribution in [3.63, 3.8) is 0 Å². The predicted molar refractivity (Wildman–Crippen MR) is 150 cm³/mol. The largest absolute Gasteiger partial charge is 0.490 e. The number of anilines is 1. The van der Waals surface area contributed by atoms with Crippen LogP contribution in [0.1, 0.15) is 18.9 Å². The number of hydrogen-bond donors (Lipinski definition) is 1. The van der Waals surface area contributed by atoms with Gasteiger partial charge in [-0.15, -0.1) is 0 Å². The fourth-order valence-corrected chi connectivity index (χ4v) is 5.83. The first-order valence-corrected chi connectivity index (χ1v) is 14.3. The van der Waals surface area contributed by atoms with E-state index in [4.69, 9.17) is 14.2 Å². The molecule has 0 saturated carbocycles. The van der Waals surface area contributed by atoms with Gasteiger partial charge in [0.2, 0.25) is 0 Å². The number of hydrogen-bond acceptors (Lipinski definition) is 8. The van der Waals surface area contributed by atoms with Crippen molar-refractivity contribution in [1.29, 1.82) is 0 Å². The number of aliphatic hydroxyl groups is 1. The second-order valence-corrected chi connectivity index (χ2v) is 10.8. The van der Waals surface area contributed by atoms with Crippen LogP contribution in [0, 0.1) is 0 Å². The number of likely N-dealkylation sites (tertiary alicyclic amines) is 1. The van der Waals surface area contributed by atoms with Gasteiger partial charge in [-0.1, -0.05) is 24.3 Å². The number of morpholine rings is 1. The highest BCUT2D eigenvalue weighted by atomic mass is 16.5. The molecule has 3 saturated heterocycles. The zero-order valence-electron chi connectivity index (χ0n) is 22.9. The number of piperazine rings is 1. The Morgan fingerprint density at radius 3 is 2.39 bits per heavy atom. The van der Waals surface area contributed by atoms with Gasteiger partial charge in [-0.3, -0.25) is 14.7 Å². The molecule has 0 spiro atoms. The molecule has 0 bridgehead atoms. The van der Waals surface area contributed by atoms with Gasteiger partial charge in [0.25, 0.3) is 0 Å². The lowest BCUT2D eigenvalue weighted by atomic mass is 10.0. The molecule has 3 aliphatic heterocycles. The van der Waals surface area contributed by atoms with E-state index >= 15 is 0 Å². The zero-order chi connectivity index (χ0) is 26.2.